The molecule has 0 aromatic carbocycles. The van der Waals surface area contributed by atoms with E-state index in [1.54, 1.807) is 6.07 Å². The van der Waals surface area contributed by atoms with Gasteiger partial charge >= 0.3 is 0 Å². The van der Waals surface area contributed by atoms with Crippen LogP contribution >= 0.6 is 11.5 Å². The Bertz CT molecular complexity index is 586. The Morgan fingerprint density at radius 2 is 1.86 bits per heavy atom. The lowest BCUT2D eigenvalue weighted by Crippen LogP contribution is -2.48. The van der Waals surface area contributed by atoms with Crippen LogP contribution in [-0.4, -0.2) is 42.9 Å². The summed E-state index contributed by atoms with van der Waals surface area (Å²) >= 11 is 1.06. The van der Waals surface area contributed by atoms with E-state index >= 15 is 0 Å². The fourth-order valence-corrected chi connectivity index (χ4v) is 5.85. The molecule has 1 aliphatic carbocycles. The van der Waals surface area contributed by atoms with Crippen molar-refractivity contribution < 1.29 is 8.42 Å². The molecule has 3 rings (SSSR count). The summed E-state index contributed by atoms with van der Waals surface area (Å²) < 4.78 is 31.9. The predicted octanol–water partition coefficient (Wildman–Crippen LogP) is 2.53. The summed E-state index contributed by atoms with van der Waals surface area (Å²) in [5, 5.41) is 0. The summed E-state index contributed by atoms with van der Waals surface area (Å²) in [6, 6.07) is 2.44. The number of rotatable bonds is 4. The second-order valence-electron chi connectivity index (χ2n) is 6.51. The van der Waals surface area contributed by atoms with Crippen molar-refractivity contribution in [3.63, 3.8) is 0 Å². The Balaban J connectivity index is 1.53. The Kier molecular flexibility index (Phi) is 5.17. The van der Waals surface area contributed by atoms with E-state index in [4.69, 9.17) is 0 Å². The number of likely N-dealkylation sites (tertiary alicyclic amines) is 1. The molecule has 0 bridgehead atoms. The highest BCUT2D eigenvalue weighted by Gasteiger charge is 2.29. The lowest BCUT2D eigenvalue weighted by Gasteiger charge is -2.39. The second-order valence-corrected chi connectivity index (χ2v) is 9.26. The van der Waals surface area contributed by atoms with E-state index in [2.05, 4.69) is 14.0 Å². The Labute approximate surface area is 137 Å². The van der Waals surface area contributed by atoms with Crippen LogP contribution in [0.3, 0.4) is 0 Å². The van der Waals surface area contributed by atoms with Gasteiger partial charge in [0.1, 0.15) is 0 Å². The van der Waals surface area contributed by atoms with Gasteiger partial charge in [0.2, 0.25) is 0 Å². The maximum atomic E-state index is 12.3. The summed E-state index contributed by atoms with van der Waals surface area (Å²) in [5.41, 5.74) is 0.762. The number of piperidine rings is 1. The minimum absolute atomic E-state index is 0.0623. The van der Waals surface area contributed by atoms with E-state index in [0.29, 0.717) is 4.21 Å². The fraction of sp³-hybridized carbons (Fsp3) is 0.800. The average Bonchev–Trinajstić information content (AvgIpc) is 2.96. The molecule has 1 saturated heterocycles. The molecule has 1 saturated carbocycles. The van der Waals surface area contributed by atoms with Crippen molar-refractivity contribution in [3.8, 4) is 0 Å². The molecule has 0 radical (unpaired) electrons. The zero-order valence-electron chi connectivity index (χ0n) is 13.1. The normalized spacial score (nSPS) is 23.0. The number of nitrogens with one attached hydrogen (secondary N) is 1. The van der Waals surface area contributed by atoms with E-state index in [1.807, 2.05) is 6.92 Å². The first kappa shape index (κ1) is 16.4. The standard InChI is InChI=1S/C15H25N3O2S2/c1-12-11-15(21-16-12)22(19,20)17-13-7-9-18(10-8-13)14-5-3-2-4-6-14/h11,13-14,17H,2-10H2,1H3. The molecule has 7 heteroatoms. The van der Waals surface area contributed by atoms with Crippen LogP contribution in [0.25, 0.3) is 0 Å². The van der Waals surface area contributed by atoms with E-state index in [0.717, 1.165) is 49.2 Å². The van der Waals surface area contributed by atoms with Gasteiger partial charge in [-0.1, -0.05) is 19.3 Å². The Hall–Kier alpha value is -0.500. The third-order valence-electron chi connectivity index (χ3n) is 4.81. The molecule has 0 spiro atoms. The Morgan fingerprint density at radius 1 is 1.18 bits per heavy atom. The number of aromatic nitrogens is 1. The van der Waals surface area contributed by atoms with Gasteiger partial charge in [-0.25, -0.2) is 13.1 Å². The van der Waals surface area contributed by atoms with Crippen molar-refractivity contribution in [2.24, 2.45) is 0 Å². The van der Waals surface area contributed by atoms with E-state index in [-0.39, 0.29) is 6.04 Å². The lowest BCUT2D eigenvalue weighted by atomic mass is 9.92. The molecule has 0 atom stereocenters. The molecular weight excluding hydrogens is 318 g/mol. The largest absolute Gasteiger partial charge is 0.300 e. The molecular formula is C15H25N3O2S2. The third kappa shape index (κ3) is 3.88. The van der Waals surface area contributed by atoms with Crippen LogP contribution in [0, 0.1) is 6.92 Å². The van der Waals surface area contributed by atoms with Crippen molar-refractivity contribution in [2.75, 3.05) is 13.1 Å². The van der Waals surface area contributed by atoms with Gasteiger partial charge in [0.05, 0.1) is 5.69 Å². The number of sulfonamides is 1. The molecule has 1 aromatic rings. The van der Waals surface area contributed by atoms with Crippen molar-refractivity contribution in [3.05, 3.63) is 11.8 Å². The topological polar surface area (TPSA) is 62.3 Å². The monoisotopic (exact) mass is 343 g/mol. The average molecular weight is 344 g/mol. The maximum Gasteiger partial charge on any atom is 0.251 e. The molecule has 2 aliphatic rings. The minimum atomic E-state index is -3.39. The summed E-state index contributed by atoms with van der Waals surface area (Å²) in [6.45, 7) is 3.84. The van der Waals surface area contributed by atoms with Crippen LogP contribution in [0.2, 0.25) is 0 Å². The Morgan fingerprint density at radius 3 is 2.45 bits per heavy atom. The zero-order chi connectivity index (χ0) is 15.6. The SMILES string of the molecule is Cc1cc(S(=O)(=O)NC2CCN(C3CCCCC3)CC2)sn1. The van der Waals surface area contributed by atoms with Gasteiger partial charge < -0.3 is 4.90 Å². The summed E-state index contributed by atoms with van der Waals surface area (Å²) in [5.74, 6) is 0. The third-order valence-corrected chi connectivity index (χ3v) is 7.66. The van der Waals surface area contributed by atoms with Crippen LogP contribution < -0.4 is 4.72 Å². The first-order valence-corrected chi connectivity index (χ1v) is 10.5. The summed E-state index contributed by atoms with van der Waals surface area (Å²) in [4.78, 5) is 2.57. The van der Waals surface area contributed by atoms with Crippen LogP contribution in [0.1, 0.15) is 50.6 Å². The van der Waals surface area contributed by atoms with Gasteiger partial charge in [-0.05, 0) is 63.3 Å². The highest BCUT2D eigenvalue weighted by atomic mass is 32.2. The number of nitrogens with zero attached hydrogens (tertiary/aromatic N) is 2. The van der Waals surface area contributed by atoms with Gasteiger partial charge in [-0.3, -0.25) is 0 Å². The molecule has 0 amide bonds. The van der Waals surface area contributed by atoms with Gasteiger partial charge in [0, 0.05) is 12.1 Å². The molecule has 0 unspecified atom stereocenters. The molecule has 2 fully saturated rings. The quantitative estimate of drug-likeness (QED) is 0.912. The molecule has 1 N–H and O–H groups in total. The zero-order valence-corrected chi connectivity index (χ0v) is 14.8. The van der Waals surface area contributed by atoms with Crippen molar-refractivity contribution in [1.82, 2.24) is 14.0 Å². The number of aryl methyl sites for hydroxylation is 1. The van der Waals surface area contributed by atoms with Crippen molar-refractivity contribution >= 4 is 21.6 Å². The van der Waals surface area contributed by atoms with Crippen molar-refractivity contribution in [1.29, 1.82) is 0 Å². The summed E-state index contributed by atoms with van der Waals surface area (Å²) in [6.07, 6.45) is 8.53. The van der Waals surface area contributed by atoms with Crippen molar-refractivity contribution in [2.45, 2.75) is 68.2 Å². The number of hydrogen-bond donors (Lipinski definition) is 1. The van der Waals surface area contributed by atoms with E-state index < -0.39 is 10.0 Å². The molecule has 124 valence electrons. The van der Waals surface area contributed by atoms with Crippen LogP contribution in [0.15, 0.2) is 10.3 Å². The minimum Gasteiger partial charge on any atom is -0.300 e. The highest BCUT2D eigenvalue weighted by Crippen LogP contribution is 2.26. The number of hydrogen-bond acceptors (Lipinski definition) is 5. The smallest absolute Gasteiger partial charge is 0.251 e. The van der Waals surface area contributed by atoms with Gasteiger partial charge in [-0.15, -0.1) is 0 Å². The molecule has 5 nitrogen and oxygen atoms in total. The van der Waals surface area contributed by atoms with Gasteiger partial charge in [-0.2, -0.15) is 4.37 Å². The van der Waals surface area contributed by atoms with Crippen LogP contribution in [0.5, 0.6) is 0 Å². The predicted molar refractivity (Wildman–Crippen MR) is 88.6 cm³/mol. The van der Waals surface area contributed by atoms with Crippen LogP contribution in [-0.2, 0) is 10.0 Å². The highest BCUT2D eigenvalue weighted by molar-refractivity contribution is 7.91. The van der Waals surface area contributed by atoms with E-state index in [1.165, 1.54) is 32.1 Å². The maximum absolute atomic E-state index is 12.3. The molecule has 1 aliphatic heterocycles. The first-order chi connectivity index (χ1) is 10.5. The lowest BCUT2D eigenvalue weighted by molar-refractivity contribution is 0.120. The van der Waals surface area contributed by atoms with Gasteiger partial charge in [0.15, 0.2) is 4.21 Å². The van der Waals surface area contributed by atoms with Gasteiger partial charge in [0.25, 0.3) is 10.0 Å². The molecule has 1 aromatic heterocycles. The fourth-order valence-electron chi connectivity index (χ4n) is 3.57. The van der Waals surface area contributed by atoms with E-state index in [9.17, 15) is 8.42 Å². The van der Waals surface area contributed by atoms with Crippen LogP contribution in [0.4, 0.5) is 0 Å². The second kappa shape index (κ2) is 6.95. The summed E-state index contributed by atoms with van der Waals surface area (Å²) in [7, 11) is -3.39. The first-order valence-electron chi connectivity index (χ1n) is 8.24. The molecule has 2 heterocycles. The molecule has 22 heavy (non-hydrogen) atoms.